The highest BCUT2D eigenvalue weighted by molar-refractivity contribution is 7.15. The minimum Gasteiger partial charge on any atom is -0.470 e. The fourth-order valence-electron chi connectivity index (χ4n) is 3.65. The first kappa shape index (κ1) is 20.5. The molecular formula is C21H22N6O4S. The molecule has 0 atom stereocenters. The molecule has 1 saturated carbocycles. The van der Waals surface area contributed by atoms with E-state index in [-0.39, 0.29) is 6.10 Å². The summed E-state index contributed by atoms with van der Waals surface area (Å²) in [6, 6.07) is 7.19. The van der Waals surface area contributed by atoms with Gasteiger partial charge in [0.15, 0.2) is 0 Å². The van der Waals surface area contributed by atoms with Crippen molar-refractivity contribution in [3.05, 3.63) is 41.7 Å². The van der Waals surface area contributed by atoms with Crippen molar-refractivity contribution in [1.82, 2.24) is 19.9 Å². The van der Waals surface area contributed by atoms with Gasteiger partial charge < -0.3 is 30.9 Å². The Morgan fingerprint density at radius 1 is 1.28 bits per heavy atom. The fourth-order valence-corrected chi connectivity index (χ4v) is 4.70. The van der Waals surface area contributed by atoms with Gasteiger partial charge in [0.1, 0.15) is 16.7 Å². The molecule has 2 fully saturated rings. The van der Waals surface area contributed by atoms with E-state index >= 15 is 0 Å². The monoisotopic (exact) mass is 454 g/mol. The maximum absolute atomic E-state index is 10.9. The number of aromatic nitrogens is 3. The third-order valence-electron chi connectivity index (χ3n) is 5.62. The molecule has 1 amide bonds. The first-order valence-electron chi connectivity index (χ1n) is 10.2. The molecule has 1 saturated heterocycles. The molecule has 166 valence electrons. The number of anilines is 3. The number of benzene rings is 1. The van der Waals surface area contributed by atoms with Gasteiger partial charge in [0.2, 0.25) is 11.8 Å². The van der Waals surface area contributed by atoms with Crippen molar-refractivity contribution in [3.63, 3.8) is 0 Å². The number of hydrogen-bond donors (Lipinski definition) is 4. The number of carbonyl (C=O) groups is 1. The summed E-state index contributed by atoms with van der Waals surface area (Å²) >= 11 is 1.47. The molecule has 1 aliphatic carbocycles. The summed E-state index contributed by atoms with van der Waals surface area (Å²) in [5.74, 6) is 0.699. The van der Waals surface area contributed by atoms with Gasteiger partial charge in [0, 0.05) is 29.8 Å². The predicted octanol–water partition coefficient (Wildman–Crippen LogP) is 3.04. The smallest absolute Gasteiger partial charge is 0.407 e. The maximum atomic E-state index is 10.9. The Morgan fingerprint density at radius 2 is 2.09 bits per heavy atom. The number of nitrogens with zero attached hydrogens (tertiary/aromatic N) is 4. The predicted molar refractivity (Wildman–Crippen MR) is 119 cm³/mol. The lowest BCUT2D eigenvalue weighted by Gasteiger charge is -2.36. The van der Waals surface area contributed by atoms with E-state index in [1.807, 2.05) is 12.1 Å². The maximum Gasteiger partial charge on any atom is 0.407 e. The molecule has 11 heteroatoms. The first-order chi connectivity index (χ1) is 15.4. The zero-order valence-electron chi connectivity index (χ0n) is 17.1. The first-order valence-corrected chi connectivity index (χ1v) is 11.0. The van der Waals surface area contributed by atoms with Crippen molar-refractivity contribution in [3.8, 4) is 16.3 Å². The van der Waals surface area contributed by atoms with Crippen molar-refractivity contribution in [2.45, 2.75) is 31.0 Å². The Bertz CT molecular complexity index is 1160. The molecule has 0 spiro atoms. The van der Waals surface area contributed by atoms with E-state index < -0.39 is 11.7 Å². The lowest BCUT2D eigenvalue weighted by atomic mass is 9.81. The summed E-state index contributed by atoms with van der Waals surface area (Å²) in [6.45, 7) is 0.624. The van der Waals surface area contributed by atoms with E-state index in [1.54, 1.807) is 24.5 Å². The van der Waals surface area contributed by atoms with Gasteiger partial charge in [0.25, 0.3) is 0 Å². The number of nitrogens with one attached hydrogen (secondary N) is 1. The Hall–Kier alpha value is -3.44. The van der Waals surface area contributed by atoms with Gasteiger partial charge in [-0.3, -0.25) is 0 Å². The molecular weight excluding hydrogens is 432 g/mol. The van der Waals surface area contributed by atoms with E-state index in [4.69, 9.17) is 15.6 Å². The Kier molecular flexibility index (Phi) is 5.06. The van der Waals surface area contributed by atoms with Crippen LogP contribution >= 0.6 is 11.3 Å². The molecule has 2 aliphatic rings. The minimum absolute atomic E-state index is 0.223. The molecule has 0 bridgehead atoms. The van der Waals surface area contributed by atoms with Crippen LogP contribution in [0.25, 0.3) is 10.4 Å². The number of hydrogen-bond acceptors (Lipinski definition) is 9. The molecule has 1 aromatic carbocycles. The van der Waals surface area contributed by atoms with E-state index in [2.05, 4.69) is 20.3 Å². The Balaban J connectivity index is 1.30. The zero-order valence-corrected chi connectivity index (χ0v) is 17.9. The van der Waals surface area contributed by atoms with Crippen LogP contribution in [0.5, 0.6) is 5.88 Å². The number of aliphatic hydroxyl groups is 1. The third-order valence-corrected chi connectivity index (χ3v) is 6.86. The second-order valence-corrected chi connectivity index (χ2v) is 9.06. The minimum atomic E-state index is -0.956. The average Bonchev–Trinajstić information content (AvgIpc) is 3.19. The van der Waals surface area contributed by atoms with Gasteiger partial charge in [-0.1, -0.05) is 0 Å². The normalized spacial score (nSPS) is 17.3. The summed E-state index contributed by atoms with van der Waals surface area (Å²) in [5.41, 5.74) is 7.48. The molecule has 1 aliphatic heterocycles. The molecule has 0 unspecified atom stereocenters. The van der Waals surface area contributed by atoms with Crippen molar-refractivity contribution in [1.29, 1.82) is 0 Å². The Labute approximate surface area is 187 Å². The lowest BCUT2D eigenvalue weighted by molar-refractivity contribution is -0.0389. The van der Waals surface area contributed by atoms with Crippen LogP contribution in [0, 0.1) is 0 Å². The molecule has 3 aromatic rings. The van der Waals surface area contributed by atoms with Crippen LogP contribution in [-0.2, 0) is 5.60 Å². The number of nitrogens with two attached hydrogens (primary N) is 1. The summed E-state index contributed by atoms with van der Waals surface area (Å²) in [4.78, 5) is 26.1. The summed E-state index contributed by atoms with van der Waals surface area (Å²) in [5, 5.41) is 23.3. The summed E-state index contributed by atoms with van der Waals surface area (Å²) < 4.78 is 5.73. The molecule has 10 nitrogen and oxygen atoms in total. The van der Waals surface area contributed by atoms with Crippen molar-refractivity contribution in [2.24, 2.45) is 0 Å². The van der Waals surface area contributed by atoms with Crippen molar-refractivity contribution in [2.75, 3.05) is 24.1 Å². The molecule has 2 aromatic heterocycles. The van der Waals surface area contributed by atoms with Crippen LogP contribution in [0.3, 0.4) is 0 Å². The zero-order chi connectivity index (χ0) is 22.3. The lowest BCUT2D eigenvalue weighted by Crippen LogP contribution is -2.55. The Morgan fingerprint density at radius 3 is 2.81 bits per heavy atom. The second-order valence-electron chi connectivity index (χ2n) is 8.03. The topological polar surface area (TPSA) is 147 Å². The number of ether oxygens (including phenoxy) is 1. The van der Waals surface area contributed by atoms with Crippen LogP contribution in [0.2, 0.25) is 0 Å². The van der Waals surface area contributed by atoms with Crippen LogP contribution in [0.4, 0.5) is 22.1 Å². The largest absolute Gasteiger partial charge is 0.470 e. The number of thiazole rings is 1. The molecule has 5 N–H and O–H groups in total. The number of likely N-dealkylation sites (tertiary alicyclic amines) is 1. The van der Waals surface area contributed by atoms with Crippen LogP contribution in [0.15, 0.2) is 36.7 Å². The van der Waals surface area contributed by atoms with Gasteiger partial charge in [-0.2, -0.15) is 4.98 Å². The molecule has 5 rings (SSSR count). The molecule has 32 heavy (non-hydrogen) atoms. The molecule has 0 radical (unpaired) electrons. The van der Waals surface area contributed by atoms with Gasteiger partial charge in [-0.15, -0.1) is 11.3 Å². The number of carboxylic acid groups (broad SMARTS) is 1. The van der Waals surface area contributed by atoms with E-state index in [1.165, 1.54) is 16.2 Å². The number of rotatable bonds is 6. The van der Waals surface area contributed by atoms with Gasteiger partial charge in [-0.25, -0.2) is 14.8 Å². The quantitative estimate of drug-likeness (QED) is 0.413. The van der Waals surface area contributed by atoms with Crippen molar-refractivity contribution < 1.29 is 19.7 Å². The summed E-state index contributed by atoms with van der Waals surface area (Å²) in [6.07, 6.45) is 4.66. The standard InChI is InChI=1S/C21H22N6O4S/c22-13-6-12(16-9-24-18(32-16)21(30)3-1-4-21)7-14(8-13)25-19-23-5-2-17(26-19)31-15-10-27(11-15)20(28)29/h2,5-9,15,30H,1,3-4,10-11,22H2,(H,28,29)(H,23,25,26). The SMILES string of the molecule is Nc1cc(Nc2nccc(OC3CN(C(=O)O)C3)n2)cc(-c2cnc(C3(O)CCC3)s2)c1. The highest BCUT2D eigenvalue weighted by atomic mass is 32.1. The van der Waals surface area contributed by atoms with Crippen LogP contribution in [-0.4, -0.2) is 55.4 Å². The molecule has 3 heterocycles. The number of amides is 1. The van der Waals surface area contributed by atoms with E-state index in [0.717, 1.165) is 34.7 Å². The van der Waals surface area contributed by atoms with Crippen LogP contribution in [0.1, 0.15) is 24.3 Å². The second kappa shape index (κ2) is 7.92. The fraction of sp³-hybridized carbons (Fsp3) is 0.333. The van der Waals surface area contributed by atoms with Crippen molar-refractivity contribution >= 4 is 34.8 Å². The number of nitrogen functional groups attached to an aromatic ring is 1. The van der Waals surface area contributed by atoms with Gasteiger partial charge in [-0.05, 0) is 43.0 Å². The average molecular weight is 455 g/mol. The highest BCUT2D eigenvalue weighted by Crippen LogP contribution is 2.44. The highest BCUT2D eigenvalue weighted by Gasteiger charge is 2.39. The third kappa shape index (κ3) is 4.04. The van der Waals surface area contributed by atoms with E-state index in [9.17, 15) is 9.90 Å². The van der Waals surface area contributed by atoms with E-state index in [0.29, 0.717) is 36.3 Å². The summed E-state index contributed by atoms with van der Waals surface area (Å²) in [7, 11) is 0. The van der Waals surface area contributed by atoms with Gasteiger partial charge in [0.05, 0.1) is 18.0 Å². The van der Waals surface area contributed by atoms with Gasteiger partial charge >= 0.3 is 6.09 Å². The van der Waals surface area contributed by atoms with Crippen LogP contribution < -0.4 is 15.8 Å².